The van der Waals surface area contributed by atoms with Crippen LogP contribution in [0.5, 0.6) is 0 Å². The number of hydrogen-bond acceptors (Lipinski definition) is 3. The van der Waals surface area contributed by atoms with E-state index in [9.17, 15) is 18.8 Å². The summed E-state index contributed by atoms with van der Waals surface area (Å²) in [5.74, 6) is -1.35. The Morgan fingerprint density at radius 1 is 0.970 bits per heavy atom. The lowest BCUT2D eigenvalue weighted by Gasteiger charge is -2.28. The third-order valence-corrected chi connectivity index (χ3v) is 5.86. The molecule has 3 aromatic carbocycles. The largest absolute Gasteiger partial charge is 0.322 e. The van der Waals surface area contributed by atoms with Gasteiger partial charge in [-0.1, -0.05) is 56.3 Å². The first kappa shape index (κ1) is 22.4. The van der Waals surface area contributed by atoms with Gasteiger partial charge in [0.2, 0.25) is 5.91 Å². The average molecular weight is 445 g/mol. The van der Waals surface area contributed by atoms with Crippen molar-refractivity contribution in [2.75, 3.05) is 4.90 Å². The smallest absolute Gasteiger partial charge is 0.257 e. The predicted octanol–water partition coefficient (Wildman–Crippen LogP) is 4.92. The summed E-state index contributed by atoms with van der Waals surface area (Å²) in [4.78, 5) is 42.2. The average Bonchev–Trinajstić information content (AvgIpc) is 3.11. The van der Waals surface area contributed by atoms with Crippen LogP contribution in [-0.2, 0) is 16.1 Å². The molecule has 1 saturated heterocycles. The highest BCUT2D eigenvalue weighted by atomic mass is 19.1. The number of carbonyl (C=O) groups is 3. The van der Waals surface area contributed by atoms with Gasteiger partial charge in [0.25, 0.3) is 11.8 Å². The van der Waals surface area contributed by atoms with E-state index < -0.39 is 23.7 Å². The van der Waals surface area contributed by atoms with Crippen LogP contribution < -0.4 is 4.90 Å². The van der Waals surface area contributed by atoms with Crippen LogP contribution in [0.25, 0.3) is 0 Å². The Balaban J connectivity index is 1.66. The highest BCUT2D eigenvalue weighted by Crippen LogP contribution is 2.29. The van der Waals surface area contributed by atoms with Gasteiger partial charge in [0.1, 0.15) is 11.9 Å². The molecule has 168 valence electrons. The number of imide groups is 1. The maximum atomic E-state index is 13.4. The van der Waals surface area contributed by atoms with Crippen molar-refractivity contribution >= 4 is 23.4 Å². The van der Waals surface area contributed by atoms with Crippen molar-refractivity contribution < 1.29 is 18.8 Å². The predicted molar refractivity (Wildman–Crippen MR) is 124 cm³/mol. The Kier molecular flexibility index (Phi) is 6.36. The zero-order valence-corrected chi connectivity index (χ0v) is 18.6. The second kappa shape index (κ2) is 9.36. The Morgan fingerprint density at radius 2 is 1.61 bits per heavy atom. The highest BCUT2D eigenvalue weighted by molar-refractivity contribution is 6.23. The molecule has 1 atom stereocenters. The number of nitrogens with zero attached hydrogens (tertiary/aromatic N) is 2. The molecule has 1 aliphatic rings. The molecule has 1 unspecified atom stereocenters. The fraction of sp³-hybridized carbons (Fsp3) is 0.222. The van der Waals surface area contributed by atoms with Crippen LogP contribution in [0.3, 0.4) is 0 Å². The summed E-state index contributed by atoms with van der Waals surface area (Å²) in [6.07, 6.45) is -0.107. The normalized spacial score (nSPS) is 15.9. The van der Waals surface area contributed by atoms with Crippen LogP contribution in [0, 0.1) is 5.82 Å². The minimum atomic E-state index is -0.944. The molecule has 0 aliphatic carbocycles. The fourth-order valence-corrected chi connectivity index (χ4v) is 4.00. The van der Waals surface area contributed by atoms with E-state index in [-0.39, 0.29) is 24.4 Å². The molecule has 0 spiro atoms. The molecule has 33 heavy (non-hydrogen) atoms. The monoisotopic (exact) mass is 444 g/mol. The van der Waals surface area contributed by atoms with E-state index in [1.165, 1.54) is 29.2 Å². The lowest BCUT2D eigenvalue weighted by molar-refractivity contribution is -0.122. The molecule has 6 heteroatoms. The summed E-state index contributed by atoms with van der Waals surface area (Å²) in [5, 5.41) is 0. The summed E-state index contributed by atoms with van der Waals surface area (Å²) in [5.41, 5.74) is 2.68. The maximum absolute atomic E-state index is 13.4. The molecule has 5 nitrogen and oxygen atoms in total. The standard InChI is InChI=1S/C27H25FN2O3/c1-18(2)20-10-14-23(15-11-20)30-25(31)16-24(27(30)33)29(17-19-6-4-3-5-7-19)26(32)21-8-12-22(28)13-9-21/h3-15,18,24H,16-17H2,1-2H3. The van der Waals surface area contributed by atoms with Gasteiger partial charge >= 0.3 is 0 Å². The number of carbonyl (C=O) groups excluding carboxylic acids is 3. The van der Waals surface area contributed by atoms with Gasteiger partial charge < -0.3 is 4.90 Å². The van der Waals surface area contributed by atoms with Crippen molar-refractivity contribution in [3.05, 3.63) is 101 Å². The molecular weight excluding hydrogens is 419 g/mol. The van der Waals surface area contributed by atoms with E-state index in [0.29, 0.717) is 11.6 Å². The zero-order chi connectivity index (χ0) is 23.5. The first-order valence-corrected chi connectivity index (χ1v) is 10.9. The number of rotatable bonds is 6. The number of anilines is 1. The second-order valence-corrected chi connectivity index (χ2v) is 8.46. The Labute approximate surface area is 192 Å². The topological polar surface area (TPSA) is 57.7 Å². The van der Waals surface area contributed by atoms with Gasteiger partial charge in [-0.3, -0.25) is 14.4 Å². The van der Waals surface area contributed by atoms with Crippen molar-refractivity contribution in [2.45, 2.75) is 38.8 Å². The molecule has 0 aromatic heterocycles. The van der Waals surface area contributed by atoms with Gasteiger partial charge in [-0.15, -0.1) is 0 Å². The van der Waals surface area contributed by atoms with Gasteiger partial charge in [0.15, 0.2) is 0 Å². The molecular formula is C27H25FN2O3. The molecule has 0 saturated carbocycles. The van der Waals surface area contributed by atoms with E-state index in [1.54, 1.807) is 12.1 Å². The van der Waals surface area contributed by atoms with E-state index in [4.69, 9.17) is 0 Å². The van der Waals surface area contributed by atoms with Crippen LogP contribution >= 0.6 is 0 Å². The van der Waals surface area contributed by atoms with Gasteiger partial charge in [0, 0.05) is 12.1 Å². The summed E-state index contributed by atoms with van der Waals surface area (Å²) in [6, 6.07) is 20.8. The maximum Gasteiger partial charge on any atom is 0.257 e. The Morgan fingerprint density at radius 3 is 2.21 bits per heavy atom. The number of amides is 3. The number of hydrogen-bond donors (Lipinski definition) is 0. The van der Waals surface area contributed by atoms with E-state index in [0.717, 1.165) is 16.0 Å². The van der Waals surface area contributed by atoms with Crippen molar-refractivity contribution in [3.63, 3.8) is 0 Å². The molecule has 1 fully saturated rings. The van der Waals surface area contributed by atoms with Crippen molar-refractivity contribution in [1.82, 2.24) is 4.90 Å². The summed E-state index contributed by atoms with van der Waals surface area (Å²) < 4.78 is 13.4. The lowest BCUT2D eigenvalue weighted by atomic mass is 10.0. The fourth-order valence-electron chi connectivity index (χ4n) is 4.00. The van der Waals surface area contributed by atoms with Gasteiger partial charge in [-0.05, 0) is 53.4 Å². The molecule has 3 aromatic rings. The lowest BCUT2D eigenvalue weighted by Crippen LogP contribution is -2.45. The van der Waals surface area contributed by atoms with E-state index in [1.807, 2.05) is 42.5 Å². The molecule has 0 N–H and O–H groups in total. The highest BCUT2D eigenvalue weighted by Gasteiger charge is 2.44. The van der Waals surface area contributed by atoms with Crippen molar-refractivity contribution in [1.29, 1.82) is 0 Å². The summed E-state index contributed by atoms with van der Waals surface area (Å²) in [7, 11) is 0. The van der Waals surface area contributed by atoms with Gasteiger partial charge in [-0.2, -0.15) is 0 Å². The van der Waals surface area contributed by atoms with E-state index in [2.05, 4.69) is 13.8 Å². The van der Waals surface area contributed by atoms with Crippen molar-refractivity contribution in [3.8, 4) is 0 Å². The minimum absolute atomic E-state index is 0.107. The van der Waals surface area contributed by atoms with Crippen LogP contribution in [0.15, 0.2) is 78.9 Å². The third kappa shape index (κ3) is 4.70. The molecule has 0 radical (unpaired) electrons. The van der Waals surface area contributed by atoms with Crippen LogP contribution in [0.2, 0.25) is 0 Å². The molecule has 4 rings (SSSR count). The van der Waals surface area contributed by atoms with Crippen LogP contribution in [0.4, 0.5) is 10.1 Å². The molecule has 1 aliphatic heterocycles. The van der Waals surface area contributed by atoms with Crippen LogP contribution in [0.1, 0.15) is 47.7 Å². The quantitative estimate of drug-likeness (QED) is 0.507. The van der Waals surface area contributed by atoms with Crippen molar-refractivity contribution in [2.24, 2.45) is 0 Å². The molecule has 3 amide bonds. The number of benzene rings is 3. The van der Waals surface area contributed by atoms with Gasteiger partial charge in [0.05, 0.1) is 12.1 Å². The number of halogens is 1. The van der Waals surface area contributed by atoms with E-state index >= 15 is 0 Å². The van der Waals surface area contributed by atoms with Crippen LogP contribution in [-0.4, -0.2) is 28.7 Å². The first-order chi connectivity index (χ1) is 15.8. The Bertz CT molecular complexity index is 1160. The third-order valence-electron chi connectivity index (χ3n) is 5.86. The zero-order valence-electron chi connectivity index (χ0n) is 18.6. The minimum Gasteiger partial charge on any atom is -0.322 e. The molecule has 1 heterocycles. The Hall–Kier alpha value is -3.80. The second-order valence-electron chi connectivity index (χ2n) is 8.46. The van der Waals surface area contributed by atoms with Gasteiger partial charge in [-0.25, -0.2) is 9.29 Å². The summed E-state index contributed by atoms with van der Waals surface area (Å²) in [6.45, 7) is 4.29. The first-order valence-electron chi connectivity index (χ1n) is 10.9. The summed E-state index contributed by atoms with van der Waals surface area (Å²) >= 11 is 0. The molecule has 0 bridgehead atoms. The SMILES string of the molecule is CC(C)c1ccc(N2C(=O)CC(N(Cc3ccccc3)C(=O)c3ccc(F)cc3)C2=O)cc1.